The Hall–Kier alpha value is -2.08. The highest BCUT2D eigenvalue weighted by Gasteiger charge is 2.01. The van der Waals surface area contributed by atoms with Crippen LogP contribution in [0.2, 0.25) is 0 Å². The van der Waals surface area contributed by atoms with Crippen LogP contribution in [0.5, 0.6) is 11.5 Å². The summed E-state index contributed by atoms with van der Waals surface area (Å²) in [5.74, 6) is 1.54. The Balaban J connectivity index is 1.55. The third-order valence-electron chi connectivity index (χ3n) is 2.82. The van der Waals surface area contributed by atoms with E-state index in [0.29, 0.717) is 6.61 Å². The molecule has 6 nitrogen and oxygen atoms in total. The van der Waals surface area contributed by atoms with Crippen molar-refractivity contribution in [2.45, 2.75) is 13.0 Å². The molecular formula is C14H20N4O2. The van der Waals surface area contributed by atoms with Crippen LogP contribution >= 0.6 is 0 Å². The summed E-state index contributed by atoms with van der Waals surface area (Å²) in [6.45, 7) is 3.22. The summed E-state index contributed by atoms with van der Waals surface area (Å²) in [4.78, 5) is 0. The fourth-order valence-electron chi connectivity index (χ4n) is 1.81. The van der Waals surface area contributed by atoms with E-state index >= 15 is 0 Å². The molecule has 0 atom stereocenters. The fraction of sp³-hybridized carbons (Fsp3) is 0.429. The zero-order valence-corrected chi connectivity index (χ0v) is 11.7. The largest absolute Gasteiger partial charge is 0.493 e. The van der Waals surface area contributed by atoms with Gasteiger partial charge >= 0.3 is 0 Å². The minimum atomic E-state index is 0.615. The molecule has 0 bridgehead atoms. The average Bonchev–Trinajstić information content (AvgIpc) is 3.00. The van der Waals surface area contributed by atoms with Gasteiger partial charge in [-0.1, -0.05) is 17.3 Å². The van der Waals surface area contributed by atoms with E-state index in [4.69, 9.17) is 9.47 Å². The Kier molecular flexibility index (Phi) is 5.85. The number of nitrogens with zero attached hydrogens (tertiary/aromatic N) is 3. The molecule has 0 fully saturated rings. The first-order chi connectivity index (χ1) is 9.90. The van der Waals surface area contributed by atoms with Gasteiger partial charge in [-0.3, -0.25) is 4.68 Å². The Morgan fingerprint density at radius 2 is 2.05 bits per heavy atom. The lowest BCUT2D eigenvalue weighted by Gasteiger charge is -2.10. The number of aromatic nitrogens is 3. The van der Waals surface area contributed by atoms with Gasteiger partial charge < -0.3 is 14.8 Å². The molecule has 2 aromatic rings. The fourth-order valence-corrected chi connectivity index (χ4v) is 1.81. The monoisotopic (exact) mass is 276 g/mol. The van der Waals surface area contributed by atoms with E-state index in [1.165, 1.54) is 0 Å². The number of rotatable bonds is 9. The summed E-state index contributed by atoms with van der Waals surface area (Å²) >= 11 is 0. The van der Waals surface area contributed by atoms with Crippen molar-refractivity contribution in [1.82, 2.24) is 20.3 Å². The van der Waals surface area contributed by atoms with Crippen LogP contribution in [-0.2, 0) is 6.54 Å². The van der Waals surface area contributed by atoms with E-state index in [1.807, 2.05) is 35.1 Å². The second-order valence-electron chi connectivity index (χ2n) is 4.27. The zero-order valence-electron chi connectivity index (χ0n) is 11.7. The zero-order chi connectivity index (χ0) is 14.0. The number of para-hydroxylation sites is 2. The van der Waals surface area contributed by atoms with Gasteiger partial charge in [0, 0.05) is 19.3 Å². The Labute approximate surface area is 118 Å². The predicted octanol–water partition coefficient (Wildman–Crippen LogP) is 1.35. The Morgan fingerprint density at radius 3 is 2.80 bits per heavy atom. The van der Waals surface area contributed by atoms with Gasteiger partial charge in [-0.05, 0) is 25.1 Å². The van der Waals surface area contributed by atoms with Crippen molar-refractivity contribution in [2.75, 3.05) is 26.8 Å². The lowest BCUT2D eigenvalue weighted by molar-refractivity contribution is 0.292. The molecule has 0 saturated carbocycles. The van der Waals surface area contributed by atoms with Crippen molar-refractivity contribution in [3.05, 3.63) is 36.7 Å². The summed E-state index contributed by atoms with van der Waals surface area (Å²) in [5, 5.41) is 11.0. The molecule has 1 N–H and O–H groups in total. The molecule has 1 aromatic heterocycles. The lowest BCUT2D eigenvalue weighted by atomic mass is 10.3. The number of benzene rings is 1. The van der Waals surface area contributed by atoms with E-state index in [1.54, 1.807) is 13.3 Å². The number of methoxy groups -OCH3 is 1. The highest BCUT2D eigenvalue weighted by Crippen LogP contribution is 2.25. The van der Waals surface area contributed by atoms with E-state index < -0.39 is 0 Å². The van der Waals surface area contributed by atoms with Gasteiger partial charge in [0.25, 0.3) is 0 Å². The Morgan fingerprint density at radius 1 is 1.20 bits per heavy atom. The molecule has 0 amide bonds. The van der Waals surface area contributed by atoms with Crippen molar-refractivity contribution in [3.8, 4) is 11.5 Å². The highest BCUT2D eigenvalue weighted by molar-refractivity contribution is 5.39. The van der Waals surface area contributed by atoms with Crippen LogP contribution in [-0.4, -0.2) is 41.8 Å². The topological polar surface area (TPSA) is 61.2 Å². The quantitative estimate of drug-likeness (QED) is 0.700. The van der Waals surface area contributed by atoms with Crippen molar-refractivity contribution >= 4 is 0 Å². The van der Waals surface area contributed by atoms with Crippen LogP contribution in [0.25, 0.3) is 0 Å². The van der Waals surface area contributed by atoms with E-state index in [9.17, 15) is 0 Å². The van der Waals surface area contributed by atoms with Crippen LogP contribution in [0.3, 0.4) is 0 Å². The van der Waals surface area contributed by atoms with Crippen LogP contribution in [0.15, 0.2) is 36.7 Å². The van der Waals surface area contributed by atoms with Crippen LogP contribution in [0, 0.1) is 0 Å². The standard InChI is InChI=1S/C14H20N4O2/c1-19-13-5-2-3-6-14(13)20-12-9-15-7-4-10-18-11-8-16-17-18/h2-3,5-6,8,11,15H,4,7,9-10,12H2,1H3. The second-order valence-corrected chi connectivity index (χ2v) is 4.27. The third kappa shape index (κ3) is 4.55. The first-order valence-corrected chi connectivity index (χ1v) is 6.71. The normalized spacial score (nSPS) is 10.4. The molecule has 0 aliphatic rings. The minimum absolute atomic E-state index is 0.615. The van der Waals surface area contributed by atoms with Crippen molar-refractivity contribution in [1.29, 1.82) is 0 Å². The van der Waals surface area contributed by atoms with Crippen LogP contribution < -0.4 is 14.8 Å². The summed E-state index contributed by atoms with van der Waals surface area (Å²) in [6.07, 6.45) is 4.57. The molecule has 0 unspecified atom stereocenters. The minimum Gasteiger partial charge on any atom is -0.493 e. The van der Waals surface area contributed by atoms with Gasteiger partial charge in [0.05, 0.1) is 13.3 Å². The molecule has 0 radical (unpaired) electrons. The van der Waals surface area contributed by atoms with Gasteiger partial charge in [0.2, 0.25) is 0 Å². The maximum absolute atomic E-state index is 5.67. The summed E-state index contributed by atoms with van der Waals surface area (Å²) in [7, 11) is 1.64. The van der Waals surface area contributed by atoms with Crippen LogP contribution in [0.1, 0.15) is 6.42 Å². The SMILES string of the molecule is COc1ccccc1OCCNCCCn1ccnn1. The number of hydrogen-bond acceptors (Lipinski definition) is 5. The van der Waals surface area contributed by atoms with E-state index in [2.05, 4.69) is 15.6 Å². The number of aryl methyl sites for hydroxylation is 1. The second kappa shape index (κ2) is 8.16. The van der Waals surface area contributed by atoms with Crippen molar-refractivity contribution in [2.24, 2.45) is 0 Å². The smallest absolute Gasteiger partial charge is 0.161 e. The van der Waals surface area contributed by atoms with Gasteiger partial charge in [-0.25, -0.2) is 0 Å². The van der Waals surface area contributed by atoms with E-state index in [0.717, 1.165) is 37.6 Å². The summed E-state index contributed by atoms with van der Waals surface area (Å²) in [5.41, 5.74) is 0. The lowest BCUT2D eigenvalue weighted by Crippen LogP contribution is -2.23. The molecule has 1 aromatic carbocycles. The number of ether oxygens (including phenoxy) is 2. The molecule has 0 saturated heterocycles. The molecule has 0 aliphatic heterocycles. The van der Waals surface area contributed by atoms with Crippen molar-refractivity contribution in [3.63, 3.8) is 0 Å². The van der Waals surface area contributed by atoms with E-state index in [-0.39, 0.29) is 0 Å². The molecule has 1 heterocycles. The van der Waals surface area contributed by atoms with Gasteiger partial charge in [0.15, 0.2) is 11.5 Å². The molecule has 0 spiro atoms. The molecular weight excluding hydrogens is 256 g/mol. The van der Waals surface area contributed by atoms with Gasteiger partial charge in [-0.2, -0.15) is 0 Å². The first kappa shape index (κ1) is 14.3. The molecule has 108 valence electrons. The number of hydrogen-bond donors (Lipinski definition) is 1. The maximum Gasteiger partial charge on any atom is 0.161 e. The maximum atomic E-state index is 5.67. The molecule has 0 aliphatic carbocycles. The molecule has 2 rings (SSSR count). The van der Waals surface area contributed by atoms with Gasteiger partial charge in [0.1, 0.15) is 6.61 Å². The average molecular weight is 276 g/mol. The van der Waals surface area contributed by atoms with Gasteiger partial charge in [-0.15, -0.1) is 5.10 Å². The predicted molar refractivity (Wildman–Crippen MR) is 76.0 cm³/mol. The highest BCUT2D eigenvalue weighted by atomic mass is 16.5. The summed E-state index contributed by atoms with van der Waals surface area (Å²) in [6, 6.07) is 7.65. The van der Waals surface area contributed by atoms with Crippen LogP contribution in [0.4, 0.5) is 0 Å². The summed E-state index contributed by atoms with van der Waals surface area (Å²) < 4.78 is 12.7. The molecule has 6 heteroatoms. The first-order valence-electron chi connectivity index (χ1n) is 6.71. The van der Waals surface area contributed by atoms with Crippen molar-refractivity contribution < 1.29 is 9.47 Å². The molecule has 20 heavy (non-hydrogen) atoms. The third-order valence-corrected chi connectivity index (χ3v) is 2.82. The Bertz CT molecular complexity index is 488. The number of nitrogens with one attached hydrogen (secondary N) is 1.